The van der Waals surface area contributed by atoms with Gasteiger partial charge >= 0.3 is 0 Å². The Morgan fingerprint density at radius 3 is 2.74 bits per heavy atom. The molecule has 0 heterocycles. The number of rotatable bonds is 6. The average Bonchev–Trinajstić information content (AvgIpc) is 2.35. The van der Waals surface area contributed by atoms with Gasteiger partial charge < -0.3 is 15.8 Å². The highest BCUT2D eigenvalue weighted by Gasteiger charge is 2.20. The van der Waals surface area contributed by atoms with Crippen molar-refractivity contribution < 1.29 is 9.53 Å². The van der Waals surface area contributed by atoms with Crippen LogP contribution in [0.3, 0.4) is 0 Å². The topological polar surface area (TPSA) is 64.3 Å². The number of nitrogens with one attached hydrogen (secondary N) is 1. The minimum atomic E-state index is -0.458. The lowest BCUT2D eigenvalue weighted by atomic mass is 10.0. The monoisotopic (exact) mass is 300 g/mol. The number of hydrogen-bond donors (Lipinski definition) is 2. The standard InChI is InChI=1S/C13H17ClN2O2S/c1-3-4-9(12(15)19)13(17)16-8-5-6-11(18-2)10(14)7-8/h5-7,9H,3-4H2,1-2H3,(H2,15,19)(H,16,17). The van der Waals surface area contributed by atoms with Gasteiger partial charge in [-0.25, -0.2) is 0 Å². The van der Waals surface area contributed by atoms with E-state index in [-0.39, 0.29) is 10.9 Å². The van der Waals surface area contributed by atoms with E-state index in [0.717, 1.165) is 6.42 Å². The van der Waals surface area contributed by atoms with Crippen LogP contribution in [0.1, 0.15) is 19.8 Å². The van der Waals surface area contributed by atoms with Crippen molar-refractivity contribution in [3.8, 4) is 5.75 Å². The molecule has 1 rings (SSSR count). The number of methoxy groups -OCH3 is 1. The molecule has 0 spiro atoms. The van der Waals surface area contributed by atoms with E-state index < -0.39 is 5.92 Å². The van der Waals surface area contributed by atoms with Crippen molar-refractivity contribution in [2.75, 3.05) is 12.4 Å². The van der Waals surface area contributed by atoms with E-state index in [1.165, 1.54) is 7.11 Å². The second kappa shape index (κ2) is 7.31. The van der Waals surface area contributed by atoms with Gasteiger partial charge in [0.2, 0.25) is 5.91 Å². The zero-order valence-electron chi connectivity index (χ0n) is 10.9. The maximum absolute atomic E-state index is 12.1. The third kappa shape index (κ3) is 4.36. The van der Waals surface area contributed by atoms with Gasteiger partial charge in [0, 0.05) is 5.69 Å². The third-order valence-electron chi connectivity index (χ3n) is 2.66. The maximum Gasteiger partial charge on any atom is 0.234 e. The molecule has 3 N–H and O–H groups in total. The Bertz CT molecular complexity index is 480. The second-order valence-corrected chi connectivity index (χ2v) is 4.96. The first kappa shape index (κ1) is 15.7. The highest BCUT2D eigenvalue weighted by Crippen LogP contribution is 2.27. The largest absolute Gasteiger partial charge is 0.495 e. The van der Waals surface area contributed by atoms with E-state index >= 15 is 0 Å². The summed E-state index contributed by atoms with van der Waals surface area (Å²) in [5, 5.41) is 3.19. The quantitative estimate of drug-likeness (QED) is 0.793. The first-order chi connectivity index (χ1) is 8.99. The number of nitrogens with two attached hydrogens (primary N) is 1. The summed E-state index contributed by atoms with van der Waals surface area (Å²) in [5.74, 6) is -0.115. The summed E-state index contributed by atoms with van der Waals surface area (Å²) < 4.78 is 5.04. The van der Waals surface area contributed by atoms with Crippen LogP contribution in [0.4, 0.5) is 5.69 Å². The molecule has 0 aromatic heterocycles. The van der Waals surface area contributed by atoms with Crippen molar-refractivity contribution in [1.29, 1.82) is 0 Å². The number of amides is 1. The zero-order chi connectivity index (χ0) is 14.4. The number of anilines is 1. The van der Waals surface area contributed by atoms with Gasteiger partial charge in [-0.1, -0.05) is 37.2 Å². The van der Waals surface area contributed by atoms with E-state index in [9.17, 15) is 4.79 Å². The van der Waals surface area contributed by atoms with Crippen LogP contribution >= 0.6 is 23.8 Å². The predicted molar refractivity (Wildman–Crippen MR) is 81.8 cm³/mol. The van der Waals surface area contributed by atoms with Crippen LogP contribution in [0.5, 0.6) is 5.75 Å². The maximum atomic E-state index is 12.1. The fraction of sp³-hybridized carbons (Fsp3) is 0.385. The minimum absolute atomic E-state index is 0.207. The molecule has 0 saturated heterocycles. The van der Waals surface area contributed by atoms with E-state index in [0.29, 0.717) is 22.9 Å². The van der Waals surface area contributed by atoms with Gasteiger partial charge in [0.1, 0.15) is 5.75 Å². The lowest BCUT2D eigenvalue weighted by Gasteiger charge is -2.15. The van der Waals surface area contributed by atoms with Crippen LogP contribution in [0, 0.1) is 5.92 Å². The molecular formula is C13H17ClN2O2S. The molecule has 19 heavy (non-hydrogen) atoms. The lowest BCUT2D eigenvalue weighted by molar-refractivity contribution is -0.118. The Balaban J connectivity index is 2.80. The van der Waals surface area contributed by atoms with Crippen LogP contribution in [-0.2, 0) is 4.79 Å². The number of carbonyl (C=O) groups is 1. The molecule has 0 aliphatic heterocycles. The summed E-state index contributed by atoms with van der Waals surface area (Å²) in [4.78, 5) is 12.3. The lowest BCUT2D eigenvalue weighted by Crippen LogP contribution is -2.33. The first-order valence-electron chi connectivity index (χ1n) is 5.93. The molecule has 0 fully saturated rings. The number of carbonyl (C=O) groups excluding carboxylic acids is 1. The van der Waals surface area contributed by atoms with Crippen LogP contribution in [0.15, 0.2) is 18.2 Å². The molecule has 1 unspecified atom stereocenters. The molecule has 0 bridgehead atoms. The molecule has 0 radical (unpaired) electrons. The molecule has 1 atom stereocenters. The summed E-state index contributed by atoms with van der Waals surface area (Å²) in [6.45, 7) is 1.98. The smallest absolute Gasteiger partial charge is 0.234 e. The molecule has 0 aliphatic rings. The first-order valence-corrected chi connectivity index (χ1v) is 6.72. The highest BCUT2D eigenvalue weighted by atomic mass is 35.5. The number of ether oxygens (including phenoxy) is 1. The van der Waals surface area contributed by atoms with Gasteiger partial charge in [-0.2, -0.15) is 0 Å². The second-order valence-electron chi connectivity index (χ2n) is 4.08. The Hall–Kier alpha value is -1.33. The van der Waals surface area contributed by atoms with Gasteiger partial charge in [-0.15, -0.1) is 0 Å². The summed E-state index contributed by atoms with van der Waals surface area (Å²) in [6.07, 6.45) is 1.46. The zero-order valence-corrected chi connectivity index (χ0v) is 12.5. The summed E-state index contributed by atoms with van der Waals surface area (Å²) in [5.41, 5.74) is 6.17. The van der Waals surface area contributed by atoms with Crippen LogP contribution in [0.25, 0.3) is 0 Å². The van der Waals surface area contributed by atoms with Gasteiger partial charge in [-0.3, -0.25) is 4.79 Å². The van der Waals surface area contributed by atoms with Gasteiger partial charge in [0.05, 0.1) is 23.0 Å². The molecule has 0 aliphatic carbocycles. The van der Waals surface area contributed by atoms with E-state index in [4.69, 9.17) is 34.3 Å². The molecule has 104 valence electrons. The Kier molecular flexibility index (Phi) is 6.05. The Labute approximate surface area is 123 Å². The minimum Gasteiger partial charge on any atom is -0.495 e. The summed E-state index contributed by atoms with van der Waals surface area (Å²) >= 11 is 10.9. The molecular weight excluding hydrogens is 284 g/mol. The Morgan fingerprint density at radius 1 is 1.58 bits per heavy atom. The highest BCUT2D eigenvalue weighted by molar-refractivity contribution is 7.80. The van der Waals surface area contributed by atoms with Gasteiger partial charge in [0.15, 0.2) is 0 Å². The fourth-order valence-corrected chi connectivity index (χ4v) is 2.15. The third-order valence-corrected chi connectivity index (χ3v) is 3.24. The molecule has 1 amide bonds. The van der Waals surface area contributed by atoms with Crippen molar-refractivity contribution in [2.45, 2.75) is 19.8 Å². The molecule has 1 aromatic carbocycles. The van der Waals surface area contributed by atoms with E-state index in [1.807, 2.05) is 6.92 Å². The van der Waals surface area contributed by atoms with Crippen molar-refractivity contribution in [1.82, 2.24) is 0 Å². The predicted octanol–water partition coefficient (Wildman–Crippen LogP) is 2.99. The van der Waals surface area contributed by atoms with Crippen molar-refractivity contribution in [3.05, 3.63) is 23.2 Å². The molecule has 6 heteroatoms. The SMILES string of the molecule is CCCC(C(=O)Nc1ccc(OC)c(Cl)c1)C(N)=S. The van der Waals surface area contributed by atoms with Crippen LogP contribution in [0.2, 0.25) is 5.02 Å². The van der Waals surface area contributed by atoms with Crippen LogP contribution in [-0.4, -0.2) is 18.0 Å². The number of thiocarbonyl (C=S) groups is 1. The molecule has 0 saturated carbocycles. The normalized spacial score (nSPS) is 11.7. The number of benzene rings is 1. The fourth-order valence-electron chi connectivity index (χ4n) is 1.66. The van der Waals surface area contributed by atoms with E-state index in [2.05, 4.69) is 5.32 Å². The van der Waals surface area contributed by atoms with Crippen LogP contribution < -0.4 is 15.8 Å². The van der Waals surface area contributed by atoms with Crippen molar-refractivity contribution >= 4 is 40.4 Å². The van der Waals surface area contributed by atoms with Gasteiger partial charge in [0.25, 0.3) is 0 Å². The summed E-state index contributed by atoms with van der Waals surface area (Å²) in [6, 6.07) is 5.03. The molecule has 1 aromatic rings. The van der Waals surface area contributed by atoms with Crippen molar-refractivity contribution in [3.63, 3.8) is 0 Å². The van der Waals surface area contributed by atoms with Crippen molar-refractivity contribution in [2.24, 2.45) is 11.7 Å². The molecule has 4 nitrogen and oxygen atoms in total. The number of hydrogen-bond acceptors (Lipinski definition) is 3. The average molecular weight is 301 g/mol. The number of halogens is 1. The van der Waals surface area contributed by atoms with E-state index in [1.54, 1.807) is 18.2 Å². The Morgan fingerprint density at radius 2 is 2.26 bits per heavy atom. The van der Waals surface area contributed by atoms with Gasteiger partial charge in [-0.05, 0) is 24.6 Å². The summed E-state index contributed by atoms with van der Waals surface area (Å²) in [7, 11) is 1.53.